The molecule has 1 amide bonds. The van der Waals surface area contributed by atoms with E-state index in [1.165, 1.54) is 19.2 Å². The van der Waals surface area contributed by atoms with E-state index in [9.17, 15) is 13.2 Å². The van der Waals surface area contributed by atoms with Gasteiger partial charge >= 0.3 is 0 Å². The first-order valence-corrected chi connectivity index (χ1v) is 9.95. The SMILES string of the molecule is CCC(CC)NC(=O)c1cccc(S(=O)(=O)Nc2ccc(OC)cc2)c1. The van der Waals surface area contributed by atoms with Crippen LogP contribution in [0.2, 0.25) is 0 Å². The van der Waals surface area contributed by atoms with E-state index in [2.05, 4.69) is 10.0 Å². The van der Waals surface area contributed by atoms with Crippen molar-refractivity contribution in [3.8, 4) is 5.75 Å². The van der Waals surface area contributed by atoms with Crippen molar-refractivity contribution in [3.05, 3.63) is 54.1 Å². The topological polar surface area (TPSA) is 84.5 Å². The van der Waals surface area contributed by atoms with Gasteiger partial charge in [-0.2, -0.15) is 0 Å². The van der Waals surface area contributed by atoms with E-state index in [1.54, 1.807) is 36.4 Å². The second-order valence-corrected chi connectivity index (χ2v) is 7.53. The Morgan fingerprint density at radius 3 is 2.31 bits per heavy atom. The van der Waals surface area contributed by atoms with Crippen molar-refractivity contribution >= 4 is 21.6 Å². The Bertz CT molecular complexity index is 844. The number of rotatable bonds is 8. The van der Waals surface area contributed by atoms with Crippen molar-refractivity contribution in [2.75, 3.05) is 11.8 Å². The van der Waals surface area contributed by atoms with E-state index in [0.29, 0.717) is 17.0 Å². The van der Waals surface area contributed by atoms with Crippen LogP contribution in [0.5, 0.6) is 5.75 Å². The summed E-state index contributed by atoms with van der Waals surface area (Å²) in [5, 5.41) is 2.91. The smallest absolute Gasteiger partial charge is 0.261 e. The molecule has 0 bridgehead atoms. The molecular weight excluding hydrogens is 352 g/mol. The summed E-state index contributed by atoms with van der Waals surface area (Å²) in [6.07, 6.45) is 1.64. The number of benzene rings is 2. The molecule has 7 heteroatoms. The maximum absolute atomic E-state index is 12.6. The lowest BCUT2D eigenvalue weighted by Gasteiger charge is -2.15. The van der Waals surface area contributed by atoms with Crippen LogP contribution in [0.4, 0.5) is 5.69 Å². The van der Waals surface area contributed by atoms with E-state index in [0.717, 1.165) is 12.8 Å². The number of carbonyl (C=O) groups is 1. The molecule has 26 heavy (non-hydrogen) atoms. The van der Waals surface area contributed by atoms with Crippen molar-refractivity contribution in [1.29, 1.82) is 0 Å². The highest BCUT2D eigenvalue weighted by Crippen LogP contribution is 2.20. The summed E-state index contributed by atoms with van der Waals surface area (Å²) in [7, 11) is -2.26. The minimum absolute atomic E-state index is 0.0329. The van der Waals surface area contributed by atoms with Crippen LogP contribution in [-0.2, 0) is 10.0 Å². The summed E-state index contributed by atoms with van der Waals surface area (Å²) in [6.45, 7) is 3.99. The van der Waals surface area contributed by atoms with Gasteiger partial charge in [0.1, 0.15) is 5.75 Å². The van der Waals surface area contributed by atoms with Gasteiger partial charge in [-0.1, -0.05) is 19.9 Å². The van der Waals surface area contributed by atoms with Crippen LogP contribution < -0.4 is 14.8 Å². The number of nitrogens with one attached hydrogen (secondary N) is 2. The molecule has 0 saturated heterocycles. The highest BCUT2D eigenvalue weighted by Gasteiger charge is 2.17. The number of amides is 1. The number of hydrogen-bond donors (Lipinski definition) is 2. The number of methoxy groups -OCH3 is 1. The van der Waals surface area contributed by atoms with E-state index in [4.69, 9.17) is 4.74 Å². The summed E-state index contributed by atoms with van der Waals surface area (Å²) in [5.41, 5.74) is 0.729. The molecule has 0 radical (unpaired) electrons. The van der Waals surface area contributed by atoms with Gasteiger partial charge in [0.05, 0.1) is 12.0 Å². The van der Waals surface area contributed by atoms with Gasteiger partial charge in [-0.25, -0.2) is 8.42 Å². The fourth-order valence-electron chi connectivity index (χ4n) is 2.44. The number of sulfonamides is 1. The Balaban J connectivity index is 2.20. The summed E-state index contributed by atoms with van der Waals surface area (Å²) in [4.78, 5) is 12.4. The van der Waals surface area contributed by atoms with Crippen LogP contribution in [0.15, 0.2) is 53.4 Å². The van der Waals surface area contributed by atoms with Gasteiger partial charge < -0.3 is 10.1 Å². The Kier molecular flexibility index (Phi) is 6.63. The summed E-state index contributed by atoms with van der Waals surface area (Å²) in [5.74, 6) is 0.355. The first-order chi connectivity index (χ1) is 12.4. The number of ether oxygens (including phenoxy) is 1. The van der Waals surface area contributed by atoms with E-state index >= 15 is 0 Å². The van der Waals surface area contributed by atoms with Crippen LogP contribution in [-0.4, -0.2) is 27.5 Å². The third kappa shape index (κ3) is 4.98. The van der Waals surface area contributed by atoms with E-state index in [-0.39, 0.29) is 16.8 Å². The van der Waals surface area contributed by atoms with Crippen molar-refractivity contribution in [2.45, 2.75) is 37.6 Å². The predicted octanol–water partition coefficient (Wildman–Crippen LogP) is 3.41. The first-order valence-electron chi connectivity index (χ1n) is 8.47. The normalized spacial score (nSPS) is 11.2. The van der Waals surface area contributed by atoms with Crippen molar-refractivity contribution in [2.24, 2.45) is 0 Å². The fraction of sp³-hybridized carbons (Fsp3) is 0.316. The van der Waals surface area contributed by atoms with Crippen LogP contribution in [0.3, 0.4) is 0 Å². The molecule has 140 valence electrons. The molecule has 0 aliphatic carbocycles. The molecule has 0 spiro atoms. The summed E-state index contributed by atoms with van der Waals surface area (Å²) >= 11 is 0. The predicted molar refractivity (Wildman–Crippen MR) is 102 cm³/mol. The molecule has 6 nitrogen and oxygen atoms in total. The summed E-state index contributed by atoms with van der Waals surface area (Å²) in [6, 6.07) is 12.6. The Labute approximate surface area is 154 Å². The van der Waals surface area contributed by atoms with Gasteiger partial charge in [0.2, 0.25) is 0 Å². The molecule has 0 aliphatic heterocycles. The molecule has 0 aliphatic rings. The maximum atomic E-state index is 12.6. The van der Waals surface area contributed by atoms with Crippen LogP contribution in [0.1, 0.15) is 37.0 Å². The van der Waals surface area contributed by atoms with Gasteiger partial charge in [-0.15, -0.1) is 0 Å². The van der Waals surface area contributed by atoms with E-state index < -0.39 is 10.0 Å². The zero-order valence-corrected chi connectivity index (χ0v) is 16.0. The van der Waals surface area contributed by atoms with Gasteiger partial charge in [0.25, 0.3) is 15.9 Å². The molecular formula is C19H24N2O4S. The average molecular weight is 376 g/mol. The lowest BCUT2D eigenvalue weighted by Crippen LogP contribution is -2.33. The fourth-order valence-corrected chi connectivity index (χ4v) is 3.54. The van der Waals surface area contributed by atoms with Gasteiger partial charge in [-0.05, 0) is 55.3 Å². The highest BCUT2D eigenvalue weighted by atomic mass is 32.2. The minimum Gasteiger partial charge on any atom is -0.497 e. The lowest BCUT2D eigenvalue weighted by atomic mass is 10.1. The number of hydrogen-bond acceptors (Lipinski definition) is 4. The minimum atomic E-state index is -3.80. The molecule has 2 rings (SSSR count). The zero-order valence-electron chi connectivity index (χ0n) is 15.2. The van der Waals surface area contributed by atoms with Gasteiger partial charge in [0.15, 0.2) is 0 Å². The Morgan fingerprint density at radius 1 is 1.08 bits per heavy atom. The van der Waals surface area contributed by atoms with Crippen LogP contribution in [0.25, 0.3) is 0 Å². The quantitative estimate of drug-likeness (QED) is 0.739. The monoisotopic (exact) mass is 376 g/mol. The second-order valence-electron chi connectivity index (χ2n) is 5.85. The van der Waals surface area contributed by atoms with Crippen molar-refractivity contribution < 1.29 is 17.9 Å². The van der Waals surface area contributed by atoms with Crippen LogP contribution in [0, 0.1) is 0 Å². The molecule has 0 aromatic heterocycles. The lowest BCUT2D eigenvalue weighted by molar-refractivity contribution is 0.0934. The molecule has 0 heterocycles. The van der Waals surface area contributed by atoms with Crippen molar-refractivity contribution in [3.63, 3.8) is 0 Å². The molecule has 2 N–H and O–H groups in total. The molecule has 2 aromatic rings. The maximum Gasteiger partial charge on any atom is 0.261 e. The molecule has 2 aromatic carbocycles. The van der Waals surface area contributed by atoms with Gasteiger partial charge in [0, 0.05) is 17.3 Å². The molecule has 0 unspecified atom stereocenters. The highest BCUT2D eigenvalue weighted by molar-refractivity contribution is 7.92. The first kappa shape index (κ1) is 19.8. The standard InChI is InChI=1S/C19H24N2O4S/c1-4-15(5-2)20-19(22)14-7-6-8-18(13-14)26(23,24)21-16-9-11-17(25-3)12-10-16/h6-13,15,21H,4-5H2,1-3H3,(H,20,22). The number of carbonyl (C=O) groups excluding carboxylic acids is 1. The van der Waals surface area contributed by atoms with Crippen LogP contribution >= 0.6 is 0 Å². The molecule has 0 saturated carbocycles. The third-order valence-electron chi connectivity index (χ3n) is 4.07. The van der Waals surface area contributed by atoms with Gasteiger partial charge in [-0.3, -0.25) is 9.52 Å². The third-order valence-corrected chi connectivity index (χ3v) is 5.45. The largest absolute Gasteiger partial charge is 0.497 e. The number of anilines is 1. The Hall–Kier alpha value is -2.54. The van der Waals surface area contributed by atoms with Crippen molar-refractivity contribution in [1.82, 2.24) is 5.32 Å². The molecule has 0 fully saturated rings. The second kappa shape index (κ2) is 8.71. The van der Waals surface area contributed by atoms with E-state index in [1.807, 2.05) is 13.8 Å². The zero-order chi connectivity index (χ0) is 19.2. The Morgan fingerprint density at radius 2 is 1.73 bits per heavy atom. The summed E-state index contributed by atoms with van der Waals surface area (Å²) < 4.78 is 32.7. The average Bonchev–Trinajstić information content (AvgIpc) is 2.66. The molecule has 0 atom stereocenters.